The molecule has 1 aliphatic heterocycles. The minimum atomic E-state index is -0.226. The number of hydrogen-bond donors (Lipinski definition) is 2. The van der Waals surface area contributed by atoms with Crippen LogP contribution in [0.15, 0.2) is 52.8 Å². The highest BCUT2D eigenvalue weighted by atomic mass is 32.2. The van der Waals surface area contributed by atoms with E-state index in [-0.39, 0.29) is 17.3 Å². The third-order valence-electron chi connectivity index (χ3n) is 8.64. The maximum Gasteiger partial charge on any atom is 0.232 e. The smallest absolute Gasteiger partial charge is 0.232 e. The van der Waals surface area contributed by atoms with Crippen molar-refractivity contribution in [1.29, 1.82) is 0 Å². The molecular weight excluding hydrogens is 497 g/mol. The van der Waals surface area contributed by atoms with Crippen LogP contribution in [0.4, 0.5) is 15.9 Å². The van der Waals surface area contributed by atoms with Gasteiger partial charge < -0.3 is 16.0 Å². The lowest BCUT2D eigenvalue weighted by Crippen LogP contribution is -2.30. The molecule has 1 spiro atoms. The van der Waals surface area contributed by atoms with Crippen molar-refractivity contribution in [3.8, 4) is 11.1 Å². The third kappa shape index (κ3) is 3.66. The molecule has 7 nitrogen and oxygen atoms in total. The maximum absolute atomic E-state index is 14.9. The Morgan fingerprint density at radius 3 is 2.87 bits per heavy atom. The fourth-order valence-electron chi connectivity index (χ4n) is 6.15. The highest BCUT2D eigenvalue weighted by Crippen LogP contribution is 2.54. The van der Waals surface area contributed by atoms with Gasteiger partial charge in [0.05, 0.1) is 5.69 Å². The number of nitrogens with zero attached hydrogens (tertiary/aromatic N) is 5. The number of rotatable bonds is 5. The van der Waals surface area contributed by atoms with Crippen LogP contribution < -0.4 is 20.5 Å². The molecule has 38 heavy (non-hydrogen) atoms. The zero-order chi connectivity index (χ0) is 25.6. The van der Waals surface area contributed by atoms with Crippen LogP contribution in [-0.2, 0) is 13.5 Å². The molecule has 3 aliphatic carbocycles. The Morgan fingerprint density at radius 2 is 2.08 bits per heavy atom. The largest absolute Gasteiger partial charge is 0.382 e. The molecule has 1 saturated heterocycles. The topological polar surface area (TPSA) is 83.8 Å². The Bertz CT molecular complexity index is 1630. The van der Waals surface area contributed by atoms with Gasteiger partial charge in [0.1, 0.15) is 24.2 Å². The van der Waals surface area contributed by atoms with Crippen molar-refractivity contribution in [2.45, 2.75) is 54.2 Å². The van der Waals surface area contributed by atoms with Crippen molar-refractivity contribution in [3.63, 3.8) is 0 Å². The summed E-state index contributed by atoms with van der Waals surface area (Å²) in [6.07, 6.45) is 9.18. The average molecular weight is 527 g/mol. The van der Waals surface area contributed by atoms with E-state index in [1.807, 2.05) is 31.6 Å². The molecule has 4 aliphatic rings. The number of nitrogens with two attached hydrogens (primary N) is 1. The summed E-state index contributed by atoms with van der Waals surface area (Å²) in [6.45, 7) is 1.66. The molecule has 2 saturated carbocycles. The number of aryl methyl sites for hydroxylation is 1. The number of fused-ring (bicyclic) bond motifs is 4. The van der Waals surface area contributed by atoms with Crippen LogP contribution in [0.5, 0.6) is 0 Å². The molecule has 1 unspecified atom stereocenters. The van der Waals surface area contributed by atoms with Crippen molar-refractivity contribution >= 4 is 34.3 Å². The van der Waals surface area contributed by atoms with Crippen LogP contribution in [0, 0.1) is 11.2 Å². The lowest BCUT2D eigenvalue weighted by molar-refractivity contribution is -0.645. The van der Waals surface area contributed by atoms with Crippen LogP contribution >= 0.6 is 11.8 Å². The number of halogens is 1. The highest BCUT2D eigenvalue weighted by molar-refractivity contribution is 7.99. The van der Waals surface area contributed by atoms with Gasteiger partial charge in [0.15, 0.2) is 11.4 Å². The first-order valence-corrected chi connectivity index (χ1v) is 14.2. The van der Waals surface area contributed by atoms with E-state index in [4.69, 9.17) is 15.7 Å². The second-order valence-corrected chi connectivity index (χ2v) is 12.4. The summed E-state index contributed by atoms with van der Waals surface area (Å²) in [7, 11) is 2.02. The number of anilines is 2. The van der Waals surface area contributed by atoms with Crippen LogP contribution in [-0.4, -0.2) is 40.1 Å². The quantitative estimate of drug-likeness (QED) is 0.262. The summed E-state index contributed by atoms with van der Waals surface area (Å²) < 4.78 is 17.0. The SMILES string of the molecule is C[n+]1cccc2ncc(Sc3nc4c(c(N5CC(N)C6(CC6)C5)n3)-c3cc(F)cc(NC5CC5)c3C4)cc21. The minimum Gasteiger partial charge on any atom is -0.382 e. The first kappa shape index (κ1) is 22.7. The predicted octanol–water partition coefficient (Wildman–Crippen LogP) is 4.21. The van der Waals surface area contributed by atoms with Gasteiger partial charge in [0.2, 0.25) is 5.52 Å². The molecule has 4 aromatic rings. The van der Waals surface area contributed by atoms with Crippen LogP contribution in [0.3, 0.4) is 0 Å². The molecule has 3 aromatic heterocycles. The number of benzene rings is 1. The van der Waals surface area contributed by atoms with Gasteiger partial charge in [-0.3, -0.25) is 0 Å². The van der Waals surface area contributed by atoms with E-state index in [1.54, 1.807) is 12.1 Å². The van der Waals surface area contributed by atoms with Crippen molar-refractivity contribution in [2.75, 3.05) is 23.3 Å². The van der Waals surface area contributed by atoms with Crippen LogP contribution in [0.1, 0.15) is 36.9 Å². The average Bonchev–Trinajstić information content (AvgIpc) is 3.80. The highest BCUT2D eigenvalue weighted by Gasteiger charge is 2.54. The molecule has 3 fully saturated rings. The Hall–Kier alpha value is -3.30. The molecule has 192 valence electrons. The number of aromatic nitrogens is 4. The molecule has 1 aromatic carbocycles. The van der Waals surface area contributed by atoms with Crippen molar-refractivity contribution in [2.24, 2.45) is 18.2 Å². The van der Waals surface area contributed by atoms with Gasteiger partial charge in [-0.25, -0.2) is 19.3 Å². The molecule has 9 heteroatoms. The lowest BCUT2D eigenvalue weighted by Gasteiger charge is -2.21. The fourth-order valence-corrected chi connectivity index (χ4v) is 6.92. The summed E-state index contributed by atoms with van der Waals surface area (Å²) >= 11 is 1.53. The Labute approximate surface area is 224 Å². The van der Waals surface area contributed by atoms with Crippen molar-refractivity contribution in [3.05, 3.63) is 59.8 Å². The van der Waals surface area contributed by atoms with E-state index in [0.717, 1.165) is 75.7 Å². The van der Waals surface area contributed by atoms with E-state index in [9.17, 15) is 4.39 Å². The summed E-state index contributed by atoms with van der Waals surface area (Å²) in [5.74, 6) is 0.661. The monoisotopic (exact) mass is 526 g/mol. The third-order valence-corrected chi connectivity index (χ3v) is 9.46. The van der Waals surface area contributed by atoms with Gasteiger partial charge in [-0.2, -0.15) is 4.57 Å². The zero-order valence-corrected chi connectivity index (χ0v) is 22.1. The molecule has 1 atom stereocenters. The van der Waals surface area contributed by atoms with Crippen LogP contribution in [0.2, 0.25) is 0 Å². The van der Waals surface area contributed by atoms with Gasteiger partial charge >= 0.3 is 0 Å². The molecule has 8 rings (SSSR count). The summed E-state index contributed by atoms with van der Waals surface area (Å²) in [6, 6.07) is 10.0. The minimum absolute atomic E-state index is 0.134. The number of hydrogen-bond acceptors (Lipinski definition) is 7. The zero-order valence-electron chi connectivity index (χ0n) is 21.2. The van der Waals surface area contributed by atoms with Gasteiger partial charge in [-0.1, -0.05) is 0 Å². The molecule has 0 amide bonds. The number of pyridine rings is 2. The van der Waals surface area contributed by atoms with Gasteiger partial charge in [-0.15, -0.1) is 0 Å². The van der Waals surface area contributed by atoms with E-state index in [0.29, 0.717) is 17.6 Å². The standard InChI is InChI=1S/C29H29FN7S/c1-36-8-2-3-21-24(36)11-18(13-32-21)38-28-34-23-12-19-20(9-16(30)10-22(19)33-17-4-5-17)26(23)27(35-28)37-14-25(31)29(15-37)6-7-29/h2-3,8-11,13,17,25,33H,4-7,12,14-15,31H2,1H3/q+1. The molecule has 3 N–H and O–H groups in total. The first-order valence-electron chi connectivity index (χ1n) is 13.4. The Kier molecular flexibility index (Phi) is 4.83. The first-order chi connectivity index (χ1) is 18.5. The summed E-state index contributed by atoms with van der Waals surface area (Å²) in [5.41, 5.74) is 13.7. The van der Waals surface area contributed by atoms with Crippen LogP contribution in [0.25, 0.3) is 22.2 Å². The summed E-state index contributed by atoms with van der Waals surface area (Å²) in [5, 5.41) is 4.24. The molecular formula is C29H29FN7S+. The summed E-state index contributed by atoms with van der Waals surface area (Å²) in [4.78, 5) is 18.1. The fraction of sp³-hybridized carbons (Fsp3) is 0.379. The second kappa shape index (κ2) is 8.10. The normalized spacial score (nSPS) is 20.7. The van der Waals surface area contributed by atoms with Gasteiger partial charge in [0.25, 0.3) is 0 Å². The van der Waals surface area contributed by atoms with Gasteiger partial charge in [0, 0.05) is 71.5 Å². The second-order valence-electron chi connectivity index (χ2n) is 11.4. The maximum atomic E-state index is 14.9. The van der Waals surface area contributed by atoms with Crippen molar-refractivity contribution < 1.29 is 8.96 Å². The Morgan fingerprint density at radius 1 is 1.21 bits per heavy atom. The van der Waals surface area contributed by atoms with Gasteiger partial charge in [-0.05, 0) is 66.8 Å². The Balaban J connectivity index is 1.24. The lowest BCUT2D eigenvalue weighted by atomic mass is 10.0. The predicted molar refractivity (Wildman–Crippen MR) is 146 cm³/mol. The van der Waals surface area contributed by atoms with E-state index in [1.165, 1.54) is 24.6 Å². The number of nitrogens with one attached hydrogen (secondary N) is 1. The van der Waals surface area contributed by atoms with E-state index >= 15 is 0 Å². The van der Waals surface area contributed by atoms with E-state index in [2.05, 4.69) is 25.8 Å². The molecule has 0 bridgehead atoms. The van der Waals surface area contributed by atoms with Crippen molar-refractivity contribution in [1.82, 2.24) is 15.0 Å². The van der Waals surface area contributed by atoms with E-state index < -0.39 is 0 Å². The molecule has 4 heterocycles. The molecule has 0 radical (unpaired) electrons.